The Balaban J connectivity index is 2.92. The van der Waals surface area contributed by atoms with Gasteiger partial charge in [-0.15, -0.1) is 0 Å². The summed E-state index contributed by atoms with van der Waals surface area (Å²) in [5.74, 6) is -0.293. The Labute approximate surface area is 86.5 Å². The van der Waals surface area contributed by atoms with Crippen LogP contribution in [-0.2, 0) is 15.2 Å². The van der Waals surface area contributed by atoms with Gasteiger partial charge in [-0.2, -0.15) is 8.42 Å². The SMILES string of the molecule is [O]c1ccc2cccc(S(=O)(=O)O)c2c1. The Kier molecular flexibility index (Phi) is 2.13. The highest BCUT2D eigenvalue weighted by molar-refractivity contribution is 7.86. The molecule has 77 valence electrons. The highest BCUT2D eigenvalue weighted by atomic mass is 32.2. The smallest absolute Gasteiger partial charge is 0.290 e. The lowest BCUT2D eigenvalue weighted by molar-refractivity contribution is 0.355. The van der Waals surface area contributed by atoms with Crippen LogP contribution in [0.15, 0.2) is 41.3 Å². The first-order chi connectivity index (χ1) is 6.98. The van der Waals surface area contributed by atoms with E-state index in [1.807, 2.05) is 0 Å². The fourth-order valence-electron chi connectivity index (χ4n) is 1.45. The summed E-state index contributed by atoms with van der Waals surface area (Å²) in [6.45, 7) is 0. The third-order valence-electron chi connectivity index (χ3n) is 2.09. The maximum absolute atomic E-state index is 11.1. The van der Waals surface area contributed by atoms with E-state index < -0.39 is 10.1 Å². The minimum Gasteiger partial charge on any atom is -0.290 e. The van der Waals surface area contributed by atoms with Gasteiger partial charge in [0.2, 0.25) is 0 Å². The van der Waals surface area contributed by atoms with E-state index in [1.165, 1.54) is 30.3 Å². The van der Waals surface area contributed by atoms with E-state index in [-0.39, 0.29) is 16.0 Å². The maximum Gasteiger partial charge on any atom is 0.295 e. The van der Waals surface area contributed by atoms with E-state index in [0.29, 0.717) is 5.39 Å². The zero-order valence-electron chi connectivity index (χ0n) is 7.54. The van der Waals surface area contributed by atoms with Crippen LogP contribution in [0.25, 0.3) is 10.8 Å². The molecule has 0 heterocycles. The second kappa shape index (κ2) is 3.22. The summed E-state index contributed by atoms with van der Waals surface area (Å²) >= 11 is 0. The third kappa shape index (κ3) is 1.79. The van der Waals surface area contributed by atoms with Crippen molar-refractivity contribution in [2.45, 2.75) is 4.90 Å². The number of hydrogen-bond donors (Lipinski definition) is 1. The maximum atomic E-state index is 11.1. The largest absolute Gasteiger partial charge is 0.295 e. The van der Waals surface area contributed by atoms with E-state index in [2.05, 4.69) is 0 Å². The molecule has 0 aliphatic heterocycles. The van der Waals surface area contributed by atoms with Gasteiger partial charge in [0, 0.05) is 5.39 Å². The summed E-state index contributed by atoms with van der Waals surface area (Å²) in [5, 5.41) is 11.9. The molecule has 4 nitrogen and oxygen atoms in total. The van der Waals surface area contributed by atoms with Crippen molar-refractivity contribution >= 4 is 20.9 Å². The van der Waals surface area contributed by atoms with Gasteiger partial charge in [-0.3, -0.25) is 9.66 Å². The molecule has 5 heteroatoms. The van der Waals surface area contributed by atoms with Crippen molar-refractivity contribution in [1.29, 1.82) is 0 Å². The Hall–Kier alpha value is -1.59. The molecule has 0 aliphatic carbocycles. The minimum atomic E-state index is -4.29. The molecule has 2 aromatic carbocycles. The molecule has 0 fully saturated rings. The molecule has 0 aliphatic rings. The van der Waals surface area contributed by atoms with Crippen LogP contribution in [0, 0.1) is 0 Å². The Morgan fingerprint density at radius 1 is 1.07 bits per heavy atom. The summed E-state index contributed by atoms with van der Waals surface area (Å²) in [6.07, 6.45) is 0. The average molecular weight is 223 g/mol. The predicted molar refractivity (Wildman–Crippen MR) is 53.9 cm³/mol. The van der Waals surface area contributed by atoms with Crippen molar-refractivity contribution < 1.29 is 18.1 Å². The Morgan fingerprint density at radius 3 is 2.47 bits per heavy atom. The summed E-state index contributed by atoms with van der Waals surface area (Å²) in [6, 6.07) is 8.50. The topological polar surface area (TPSA) is 74.3 Å². The fraction of sp³-hybridized carbons (Fsp3) is 0. The number of rotatable bonds is 1. The first kappa shape index (κ1) is 9.95. The van der Waals surface area contributed by atoms with Crippen molar-refractivity contribution in [3.8, 4) is 5.75 Å². The van der Waals surface area contributed by atoms with E-state index >= 15 is 0 Å². The second-order valence-corrected chi connectivity index (χ2v) is 4.50. The molecule has 2 rings (SSSR count). The van der Waals surface area contributed by atoms with Crippen LogP contribution in [0.1, 0.15) is 0 Å². The highest BCUT2D eigenvalue weighted by Crippen LogP contribution is 2.26. The molecule has 0 amide bonds. The molecule has 0 atom stereocenters. The van der Waals surface area contributed by atoms with Gasteiger partial charge in [-0.1, -0.05) is 18.2 Å². The second-order valence-electron chi connectivity index (χ2n) is 3.11. The Morgan fingerprint density at radius 2 is 1.80 bits per heavy atom. The molecule has 0 bridgehead atoms. The quantitative estimate of drug-likeness (QED) is 0.753. The number of hydrogen-bond acceptors (Lipinski definition) is 2. The van der Waals surface area contributed by atoms with Gasteiger partial charge in [0.15, 0.2) is 5.75 Å². The van der Waals surface area contributed by atoms with Crippen molar-refractivity contribution in [3.05, 3.63) is 36.4 Å². The molecule has 1 N–H and O–H groups in total. The van der Waals surface area contributed by atoms with Crippen LogP contribution in [0.4, 0.5) is 0 Å². The standard InChI is InChI=1S/C10H7O4S/c11-8-5-4-7-2-1-3-10(9(7)6-8)15(12,13)14/h1-6H,(H,12,13,14). The minimum absolute atomic E-state index is 0.238. The molecule has 0 aromatic heterocycles. The van der Waals surface area contributed by atoms with Gasteiger partial charge >= 0.3 is 0 Å². The first-order valence-electron chi connectivity index (χ1n) is 4.16. The molecule has 0 saturated carbocycles. The van der Waals surface area contributed by atoms with Crippen LogP contribution in [-0.4, -0.2) is 13.0 Å². The molecule has 2 aromatic rings. The summed E-state index contributed by atoms with van der Waals surface area (Å²) in [7, 11) is -4.29. The zero-order valence-corrected chi connectivity index (χ0v) is 8.36. The number of benzene rings is 2. The van der Waals surface area contributed by atoms with Crippen LogP contribution >= 0.6 is 0 Å². The van der Waals surface area contributed by atoms with Gasteiger partial charge in [0.25, 0.3) is 10.1 Å². The van der Waals surface area contributed by atoms with Crippen molar-refractivity contribution in [2.24, 2.45) is 0 Å². The van der Waals surface area contributed by atoms with Gasteiger partial charge in [0.05, 0.1) is 0 Å². The average Bonchev–Trinajstić information content (AvgIpc) is 2.15. The fourth-order valence-corrected chi connectivity index (χ4v) is 2.15. The summed E-state index contributed by atoms with van der Waals surface area (Å²) in [5.41, 5.74) is 0. The molecule has 0 unspecified atom stereocenters. The van der Waals surface area contributed by atoms with Crippen LogP contribution < -0.4 is 0 Å². The zero-order chi connectivity index (χ0) is 11.1. The molecule has 15 heavy (non-hydrogen) atoms. The first-order valence-corrected chi connectivity index (χ1v) is 5.60. The van der Waals surface area contributed by atoms with Gasteiger partial charge < -0.3 is 0 Å². The van der Waals surface area contributed by atoms with Crippen LogP contribution in [0.2, 0.25) is 0 Å². The van der Waals surface area contributed by atoms with E-state index in [4.69, 9.17) is 4.55 Å². The molecular weight excluding hydrogens is 216 g/mol. The summed E-state index contributed by atoms with van der Waals surface area (Å²) in [4.78, 5) is -0.238. The van der Waals surface area contributed by atoms with Crippen molar-refractivity contribution in [2.75, 3.05) is 0 Å². The lowest BCUT2D eigenvalue weighted by Gasteiger charge is -2.02. The van der Waals surface area contributed by atoms with Crippen LogP contribution in [0.5, 0.6) is 5.75 Å². The van der Waals surface area contributed by atoms with Gasteiger partial charge in [0.1, 0.15) is 4.90 Å². The summed E-state index contributed by atoms with van der Waals surface area (Å²) < 4.78 is 31.0. The van der Waals surface area contributed by atoms with Gasteiger partial charge in [-0.05, 0) is 23.6 Å². The molecule has 0 spiro atoms. The third-order valence-corrected chi connectivity index (χ3v) is 3.00. The van der Waals surface area contributed by atoms with E-state index in [1.54, 1.807) is 6.07 Å². The van der Waals surface area contributed by atoms with Crippen molar-refractivity contribution in [3.63, 3.8) is 0 Å². The normalized spacial score (nSPS) is 11.8. The van der Waals surface area contributed by atoms with Crippen LogP contribution in [0.3, 0.4) is 0 Å². The van der Waals surface area contributed by atoms with Crippen molar-refractivity contribution in [1.82, 2.24) is 0 Å². The number of fused-ring (bicyclic) bond motifs is 1. The lowest BCUT2D eigenvalue weighted by atomic mass is 10.1. The molecule has 0 saturated heterocycles. The van der Waals surface area contributed by atoms with E-state index in [9.17, 15) is 13.5 Å². The monoisotopic (exact) mass is 223 g/mol. The van der Waals surface area contributed by atoms with E-state index in [0.717, 1.165) is 0 Å². The molecular formula is C10H7O4S. The Bertz CT molecular complexity index is 616. The highest BCUT2D eigenvalue weighted by Gasteiger charge is 2.13. The van der Waals surface area contributed by atoms with Gasteiger partial charge in [-0.25, -0.2) is 0 Å². The lowest BCUT2D eigenvalue weighted by Crippen LogP contribution is -1.98. The molecule has 1 radical (unpaired) electrons. The predicted octanol–water partition coefficient (Wildman–Crippen LogP) is 2.23.